The molecule has 0 saturated carbocycles. The summed E-state index contributed by atoms with van der Waals surface area (Å²) in [6.45, 7) is 17.6. The van der Waals surface area contributed by atoms with Crippen molar-refractivity contribution in [3.8, 4) is 0 Å². The molecular weight excluding hydrogens is 515 g/mol. The molecule has 0 N–H and O–H groups in total. The molecule has 0 spiro atoms. The molecule has 0 fully saturated rings. The van der Waals surface area contributed by atoms with Crippen LogP contribution in [-0.2, 0) is 25.8 Å². The predicted octanol–water partition coefficient (Wildman–Crippen LogP) is 8.64. The van der Waals surface area contributed by atoms with Crippen molar-refractivity contribution in [2.75, 3.05) is 0 Å². The van der Waals surface area contributed by atoms with E-state index in [2.05, 4.69) is 79.7 Å². The average molecular weight is 557 g/mol. The van der Waals surface area contributed by atoms with Crippen LogP contribution in [0.15, 0.2) is 12.1 Å². The minimum absolute atomic E-state index is 0. The topological polar surface area (TPSA) is 0 Å². The van der Waals surface area contributed by atoms with Crippen LogP contribution >= 0.6 is 0 Å². The third-order valence-electron chi connectivity index (χ3n) is 6.42. The number of hydrogen-bond acceptors (Lipinski definition) is 0. The van der Waals surface area contributed by atoms with Crippen LogP contribution in [0.3, 0.4) is 0 Å². The van der Waals surface area contributed by atoms with Gasteiger partial charge in [-0.05, 0) is 13.8 Å². The van der Waals surface area contributed by atoms with Crippen molar-refractivity contribution in [3.05, 3.63) is 83.1 Å². The first-order chi connectivity index (χ1) is 12.3. The van der Waals surface area contributed by atoms with E-state index < -0.39 is 0 Å². The fourth-order valence-corrected chi connectivity index (χ4v) is 3.81. The van der Waals surface area contributed by atoms with Crippen LogP contribution in [0.4, 0.5) is 0 Å². The van der Waals surface area contributed by atoms with Gasteiger partial charge in [-0.15, -0.1) is 11.6 Å². The van der Waals surface area contributed by atoms with Crippen LogP contribution in [0.2, 0.25) is 0 Å². The maximum Gasteiger partial charge on any atom is 4.00 e. The van der Waals surface area contributed by atoms with Crippen LogP contribution in [0, 0.1) is 69.4 Å². The maximum absolute atomic E-state index is 3.51. The van der Waals surface area contributed by atoms with E-state index in [1.54, 1.807) is 0 Å². The Hall–Kier alpha value is -0.820. The first-order valence-electron chi connectivity index (χ1n) is 10.2. The van der Waals surface area contributed by atoms with Crippen molar-refractivity contribution in [1.29, 1.82) is 0 Å². The third-order valence-corrected chi connectivity index (χ3v) is 6.42. The summed E-state index contributed by atoms with van der Waals surface area (Å²) in [5.41, 5.74) is 13.0. The van der Waals surface area contributed by atoms with E-state index in [1.807, 2.05) is 0 Å². The second kappa shape index (κ2) is 13.5. The molecule has 0 amide bonds. The first kappa shape index (κ1) is 30.4. The second-order valence-corrected chi connectivity index (χ2v) is 8.05. The Balaban J connectivity index is 0. The Morgan fingerprint density at radius 3 is 1.83 bits per heavy atom. The van der Waals surface area contributed by atoms with Crippen molar-refractivity contribution in [3.63, 3.8) is 0 Å². The Bertz CT molecular complexity index is 709. The number of allylic oxidation sites excluding steroid dienone is 1. The Labute approximate surface area is 201 Å². The maximum atomic E-state index is 3.51. The molecular formula is C28H42Hf. The van der Waals surface area contributed by atoms with Gasteiger partial charge in [0.2, 0.25) is 0 Å². The summed E-state index contributed by atoms with van der Waals surface area (Å²) in [4.78, 5) is 0. The van der Waals surface area contributed by atoms with Gasteiger partial charge in [0.05, 0.1) is 0 Å². The second-order valence-electron chi connectivity index (χ2n) is 8.05. The SMILES string of the molecule is CCCCCC1[C-]=Cc2cc(C)c(C)cc21.Cc1c(C)c(C)[c-](C)c1C.[CH3-].[CH3-].[Hf+4]. The number of rotatable bonds is 4. The van der Waals surface area contributed by atoms with Crippen molar-refractivity contribution < 1.29 is 25.8 Å². The number of aryl methyl sites for hydroxylation is 2. The molecule has 1 unspecified atom stereocenters. The summed E-state index contributed by atoms with van der Waals surface area (Å²) in [7, 11) is 0. The monoisotopic (exact) mass is 558 g/mol. The fourth-order valence-electron chi connectivity index (χ4n) is 3.81. The van der Waals surface area contributed by atoms with Gasteiger partial charge in [-0.3, -0.25) is 6.08 Å². The van der Waals surface area contributed by atoms with Gasteiger partial charge < -0.3 is 14.9 Å². The van der Waals surface area contributed by atoms with Gasteiger partial charge in [0, 0.05) is 0 Å². The zero-order valence-corrected chi connectivity index (χ0v) is 24.2. The molecule has 1 aliphatic carbocycles. The van der Waals surface area contributed by atoms with E-state index in [0.29, 0.717) is 5.92 Å². The van der Waals surface area contributed by atoms with E-state index in [4.69, 9.17) is 0 Å². The molecule has 1 aliphatic rings. The van der Waals surface area contributed by atoms with Crippen molar-refractivity contribution in [1.82, 2.24) is 0 Å². The van der Waals surface area contributed by atoms with E-state index >= 15 is 0 Å². The zero-order chi connectivity index (χ0) is 19.4. The van der Waals surface area contributed by atoms with Crippen LogP contribution < -0.4 is 0 Å². The van der Waals surface area contributed by atoms with Crippen molar-refractivity contribution >= 4 is 6.08 Å². The minimum Gasteiger partial charge on any atom is -0.358 e. The normalized spacial score (nSPS) is 13.4. The van der Waals surface area contributed by atoms with E-state index in [-0.39, 0.29) is 40.7 Å². The summed E-state index contributed by atoms with van der Waals surface area (Å²) in [6, 6.07) is 4.66. The Morgan fingerprint density at radius 1 is 0.862 bits per heavy atom. The van der Waals surface area contributed by atoms with Gasteiger partial charge >= 0.3 is 25.8 Å². The van der Waals surface area contributed by atoms with Gasteiger partial charge in [-0.1, -0.05) is 90.3 Å². The zero-order valence-electron chi connectivity index (χ0n) is 20.6. The quantitative estimate of drug-likeness (QED) is 0.201. The summed E-state index contributed by atoms with van der Waals surface area (Å²) in [5, 5.41) is 0. The van der Waals surface area contributed by atoms with Crippen LogP contribution in [0.25, 0.3) is 6.08 Å². The van der Waals surface area contributed by atoms with Crippen molar-refractivity contribution in [2.45, 2.75) is 87.0 Å². The molecule has 0 aromatic heterocycles. The van der Waals surface area contributed by atoms with E-state index in [1.165, 1.54) is 75.8 Å². The van der Waals surface area contributed by atoms with Gasteiger partial charge in [0.15, 0.2) is 0 Å². The van der Waals surface area contributed by atoms with Crippen molar-refractivity contribution in [2.24, 2.45) is 0 Å². The third kappa shape index (κ3) is 7.13. The van der Waals surface area contributed by atoms with Gasteiger partial charge in [0.25, 0.3) is 0 Å². The molecule has 0 nitrogen and oxygen atoms in total. The summed E-state index contributed by atoms with van der Waals surface area (Å²) in [6.07, 6.45) is 10.9. The molecule has 0 aliphatic heterocycles. The molecule has 0 bridgehead atoms. The molecule has 158 valence electrons. The Morgan fingerprint density at radius 2 is 1.38 bits per heavy atom. The molecule has 1 atom stereocenters. The van der Waals surface area contributed by atoms with Gasteiger partial charge in [-0.25, -0.2) is 6.08 Å². The average Bonchev–Trinajstić information content (AvgIpc) is 3.07. The van der Waals surface area contributed by atoms with Crippen LogP contribution in [-0.4, -0.2) is 0 Å². The number of unbranched alkanes of at least 4 members (excludes halogenated alkanes) is 2. The standard InChI is InChI=1S/C16H21.C10H15.2CH3.Hf/c1-4-5-6-7-14-8-9-15-10-12(2)13(3)11-16(14)15;1-6-7(2)9(4)10(5)8(6)3;;;/h9-11,14H,4-7H2,1-3H3;1-5H3;2*1H3;/q4*-1;+4. The fraction of sp³-hybridized carbons (Fsp3) is 0.464. The molecule has 0 radical (unpaired) electrons. The van der Waals surface area contributed by atoms with Gasteiger partial charge in [0.1, 0.15) is 0 Å². The largest absolute Gasteiger partial charge is 4.00 e. The minimum atomic E-state index is 0. The van der Waals surface area contributed by atoms with Crippen LogP contribution in [0.1, 0.15) is 88.6 Å². The summed E-state index contributed by atoms with van der Waals surface area (Å²) >= 11 is 0. The smallest absolute Gasteiger partial charge is 0.358 e. The first-order valence-corrected chi connectivity index (χ1v) is 10.2. The number of hydrogen-bond donors (Lipinski definition) is 0. The number of benzene rings is 1. The predicted molar refractivity (Wildman–Crippen MR) is 129 cm³/mol. The molecule has 0 heterocycles. The number of fused-ring (bicyclic) bond motifs is 1. The molecule has 3 rings (SSSR count). The summed E-state index contributed by atoms with van der Waals surface area (Å²) < 4.78 is 0. The van der Waals surface area contributed by atoms with Crippen LogP contribution in [0.5, 0.6) is 0 Å². The molecule has 1 heteroatoms. The Kier molecular flexibility index (Phi) is 14.1. The van der Waals surface area contributed by atoms with Gasteiger partial charge in [-0.2, -0.15) is 33.4 Å². The molecule has 0 saturated heterocycles. The van der Waals surface area contributed by atoms with E-state index in [9.17, 15) is 0 Å². The molecule has 2 aromatic rings. The summed E-state index contributed by atoms with van der Waals surface area (Å²) in [5.74, 6) is 0.556. The molecule has 29 heavy (non-hydrogen) atoms. The van der Waals surface area contributed by atoms with E-state index in [0.717, 1.165) is 0 Å². The molecule has 2 aromatic carbocycles.